The molecule has 1 amide bonds. The molecule has 146 valence electrons. The number of carbonyl (C=O) groups is 2. The van der Waals surface area contributed by atoms with E-state index in [1.807, 2.05) is 60.5 Å². The molecule has 1 N–H and O–H groups in total. The van der Waals surface area contributed by atoms with Crippen molar-refractivity contribution in [3.05, 3.63) is 88.8 Å². The van der Waals surface area contributed by atoms with Gasteiger partial charge in [-0.15, -0.1) is 0 Å². The van der Waals surface area contributed by atoms with Gasteiger partial charge in [0.05, 0.1) is 12.2 Å². The average Bonchev–Trinajstić information content (AvgIpc) is 3.42. The quantitative estimate of drug-likeness (QED) is 0.658. The van der Waals surface area contributed by atoms with Crippen molar-refractivity contribution in [3.8, 4) is 0 Å². The van der Waals surface area contributed by atoms with E-state index in [2.05, 4.69) is 5.32 Å². The van der Waals surface area contributed by atoms with Gasteiger partial charge in [0.25, 0.3) is 0 Å². The molecule has 2 aliphatic heterocycles. The maximum Gasteiger partial charge on any atom is 0.250 e. The number of nitrogens with one attached hydrogen (secondary N) is 1. The number of anilines is 1. The number of likely N-dealkylation sites (N-methyl/N-ethyl adjacent to an activating group) is 1. The summed E-state index contributed by atoms with van der Waals surface area (Å²) >= 11 is 6.08. The third kappa shape index (κ3) is 2.51. The van der Waals surface area contributed by atoms with Gasteiger partial charge in [0.15, 0.2) is 5.76 Å². The molecule has 0 radical (unpaired) electrons. The number of Topliss-reactive ketones (excluding diaryl/α,β-unsaturated/α-hetero) is 1. The van der Waals surface area contributed by atoms with E-state index in [0.29, 0.717) is 11.6 Å². The summed E-state index contributed by atoms with van der Waals surface area (Å²) in [6.07, 6.45) is 1.48. The largest absolute Gasteiger partial charge is 0.461 e. The Bertz CT molecular complexity index is 1090. The number of hydrogen-bond acceptors (Lipinski definition) is 4. The fourth-order valence-electron chi connectivity index (χ4n) is 4.98. The van der Waals surface area contributed by atoms with Crippen molar-refractivity contribution in [2.24, 2.45) is 5.92 Å². The SMILES string of the molecule is CN1C[C@H](c2ccc(Cl)cc2)[C@H](C(=O)c2ccco2)[C@@]12C(=O)Nc1ccccc12. The molecule has 3 heterocycles. The number of ketones is 1. The first-order chi connectivity index (χ1) is 14.0. The molecular weight excluding hydrogens is 388 g/mol. The lowest BCUT2D eigenvalue weighted by molar-refractivity contribution is -0.126. The van der Waals surface area contributed by atoms with Crippen LogP contribution in [-0.4, -0.2) is 30.2 Å². The zero-order valence-electron chi connectivity index (χ0n) is 15.8. The molecule has 2 aliphatic rings. The highest BCUT2D eigenvalue weighted by molar-refractivity contribution is 6.30. The molecule has 1 fully saturated rings. The van der Waals surface area contributed by atoms with Crippen LogP contribution in [0, 0.1) is 5.92 Å². The normalized spacial score (nSPS) is 25.9. The summed E-state index contributed by atoms with van der Waals surface area (Å²) in [5.74, 6) is -0.912. The number of para-hydroxylation sites is 1. The molecule has 1 aromatic heterocycles. The summed E-state index contributed by atoms with van der Waals surface area (Å²) in [5, 5.41) is 3.62. The van der Waals surface area contributed by atoms with Crippen LogP contribution in [-0.2, 0) is 10.3 Å². The van der Waals surface area contributed by atoms with Crippen LogP contribution in [0.5, 0.6) is 0 Å². The molecule has 0 bridgehead atoms. The summed E-state index contributed by atoms with van der Waals surface area (Å²) < 4.78 is 5.45. The summed E-state index contributed by atoms with van der Waals surface area (Å²) in [7, 11) is 1.90. The molecule has 0 unspecified atom stereocenters. The molecule has 3 aromatic rings. The molecule has 3 atom stereocenters. The molecule has 29 heavy (non-hydrogen) atoms. The highest BCUT2D eigenvalue weighted by Crippen LogP contribution is 2.55. The Labute approximate surface area is 173 Å². The Balaban J connectivity index is 1.73. The minimum atomic E-state index is -1.09. The van der Waals surface area contributed by atoms with Gasteiger partial charge in [-0.3, -0.25) is 14.5 Å². The molecule has 1 saturated heterocycles. The lowest BCUT2D eigenvalue weighted by Gasteiger charge is -2.35. The van der Waals surface area contributed by atoms with Crippen LogP contribution in [0.15, 0.2) is 71.3 Å². The van der Waals surface area contributed by atoms with Crippen molar-refractivity contribution >= 4 is 29.0 Å². The van der Waals surface area contributed by atoms with Crippen molar-refractivity contribution < 1.29 is 14.0 Å². The molecule has 6 heteroatoms. The molecular formula is C23H19ClN2O3. The van der Waals surface area contributed by atoms with Crippen LogP contribution in [0.4, 0.5) is 5.69 Å². The van der Waals surface area contributed by atoms with Gasteiger partial charge in [-0.2, -0.15) is 0 Å². The number of likely N-dealkylation sites (tertiary alicyclic amines) is 1. The number of benzene rings is 2. The minimum absolute atomic E-state index is 0.175. The summed E-state index contributed by atoms with van der Waals surface area (Å²) in [6, 6.07) is 18.4. The molecule has 2 aromatic carbocycles. The second-order valence-corrected chi connectivity index (χ2v) is 8.06. The number of furan rings is 1. The van der Waals surface area contributed by atoms with Crippen molar-refractivity contribution in [3.63, 3.8) is 0 Å². The maximum atomic E-state index is 13.7. The van der Waals surface area contributed by atoms with Crippen LogP contribution in [0.1, 0.15) is 27.6 Å². The van der Waals surface area contributed by atoms with Gasteiger partial charge in [-0.05, 0) is 42.9 Å². The summed E-state index contributed by atoms with van der Waals surface area (Å²) in [5.41, 5.74) is 1.46. The number of halogens is 1. The van der Waals surface area contributed by atoms with Crippen LogP contribution in [0.2, 0.25) is 5.02 Å². The van der Waals surface area contributed by atoms with Crippen LogP contribution in [0.3, 0.4) is 0 Å². The van der Waals surface area contributed by atoms with Gasteiger partial charge >= 0.3 is 0 Å². The lowest BCUT2D eigenvalue weighted by atomic mass is 9.71. The number of carbonyl (C=O) groups excluding carboxylic acids is 2. The lowest BCUT2D eigenvalue weighted by Crippen LogP contribution is -2.51. The van der Waals surface area contributed by atoms with Gasteiger partial charge < -0.3 is 9.73 Å². The Morgan fingerprint density at radius 2 is 1.90 bits per heavy atom. The maximum absolute atomic E-state index is 13.7. The second-order valence-electron chi connectivity index (χ2n) is 7.62. The number of hydrogen-bond donors (Lipinski definition) is 1. The number of amides is 1. The predicted octanol–water partition coefficient (Wildman–Crippen LogP) is 4.31. The van der Waals surface area contributed by atoms with E-state index in [-0.39, 0.29) is 23.4 Å². The van der Waals surface area contributed by atoms with E-state index in [1.165, 1.54) is 6.26 Å². The number of fused-ring (bicyclic) bond motifs is 2. The summed E-state index contributed by atoms with van der Waals surface area (Å²) in [6.45, 7) is 0.556. The Morgan fingerprint density at radius 3 is 2.62 bits per heavy atom. The zero-order chi connectivity index (χ0) is 20.2. The first-order valence-corrected chi connectivity index (χ1v) is 9.86. The number of rotatable bonds is 3. The van der Waals surface area contributed by atoms with Crippen LogP contribution in [0.25, 0.3) is 0 Å². The first-order valence-electron chi connectivity index (χ1n) is 9.49. The van der Waals surface area contributed by atoms with E-state index in [0.717, 1.165) is 16.8 Å². The van der Waals surface area contributed by atoms with Gasteiger partial charge in [0.2, 0.25) is 11.7 Å². The summed E-state index contributed by atoms with van der Waals surface area (Å²) in [4.78, 5) is 29.1. The first kappa shape index (κ1) is 18.2. The number of nitrogens with zero attached hydrogens (tertiary/aromatic N) is 1. The third-order valence-corrected chi connectivity index (χ3v) is 6.45. The topological polar surface area (TPSA) is 62.6 Å². The van der Waals surface area contributed by atoms with Gasteiger partial charge in [-0.1, -0.05) is 41.9 Å². The molecule has 5 rings (SSSR count). The Hall–Kier alpha value is -2.89. The fourth-order valence-corrected chi connectivity index (χ4v) is 5.10. The Kier molecular flexibility index (Phi) is 4.12. The van der Waals surface area contributed by atoms with Crippen molar-refractivity contribution in [2.75, 3.05) is 18.9 Å². The molecule has 1 spiro atoms. The standard InChI is InChI=1S/C23H19ClN2O3/c1-26-13-16(14-8-10-15(24)11-9-14)20(21(27)19-7-4-12-29-19)23(26)17-5-2-3-6-18(17)25-22(23)28/h2-12,16,20H,13H2,1H3,(H,25,28)/t16-,20-,23+/m1/s1. The van der Waals surface area contributed by atoms with Crippen molar-refractivity contribution in [1.82, 2.24) is 4.90 Å². The zero-order valence-corrected chi connectivity index (χ0v) is 16.5. The highest BCUT2D eigenvalue weighted by atomic mass is 35.5. The van der Waals surface area contributed by atoms with E-state index in [1.54, 1.807) is 12.1 Å². The fraction of sp³-hybridized carbons (Fsp3) is 0.217. The van der Waals surface area contributed by atoms with Crippen LogP contribution >= 0.6 is 11.6 Å². The average molecular weight is 407 g/mol. The van der Waals surface area contributed by atoms with E-state index in [4.69, 9.17) is 16.0 Å². The molecule has 5 nitrogen and oxygen atoms in total. The van der Waals surface area contributed by atoms with Crippen molar-refractivity contribution in [2.45, 2.75) is 11.5 Å². The minimum Gasteiger partial charge on any atom is -0.461 e. The van der Waals surface area contributed by atoms with Gasteiger partial charge in [0.1, 0.15) is 5.54 Å². The predicted molar refractivity (Wildman–Crippen MR) is 110 cm³/mol. The van der Waals surface area contributed by atoms with E-state index in [9.17, 15) is 9.59 Å². The Morgan fingerprint density at radius 1 is 1.14 bits per heavy atom. The smallest absolute Gasteiger partial charge is 0.250 e. The van der Waals surface area contributed by atoms with Crippen molar-refractivity contribution in [1.29, 1.82) is 0 Å². The molecule has 0 saturated carbocycles. The van der Waals surface area contributed by atoms with Gasteiger partial charge in [-0.25, -0.2) is 0 Å². The van der Waals surface area contributed by atoms with E-state index < -0.39 is 11.5 Å². The third-order valence-electron chi connectivity index (χ3n) is 6.20. The molecule has 0 aliphatic carbocycles. The second kappa shape index (κ2) is 6.58. The van der Waals surface area contributed by atoms with Crippen LogP contribution < -0.4 is 5.32 Å². The van der Waals surface area contributed by atoms with E-state index >= 15 is 0 Å². The highest BCUT2D eigenvalue weighted by Gasteiger charge is 2.64. The monoisotopic (exact) mass is 406 g/mol. The van der Waals surface area contributed by atoms with Gasteiger partial charge in [0, 0.05) is 28.7 Å².